The summed E-state index contributed by atoms with van der Waals surface area (Å²) in [6.45, 7) is 5.62. The predicted molar refractivity (Wildman–Crippen MR) is 75.3 cm³/mol. The maximum Gasteiger partial charge on any atom is 0.0624 e. The summed E-state index contributed by atoms with van der Waals surface area (Å²) >= 11 is 5.27. The molecule has 96 valence electrons. The molecule has 5 heteroatoms. The number of rotatable bonds is 4. The van der Waals surface area contributed by atoms with Gasteiger partial charge in [0.25, 0.3) is 0 Å². The van der Waals surface area contributed by atoms with Crippen molar-refractivity contribution in [2.24, 2.45) is 11.1 Å². The SMILES string of the molecule is CN(Cc1cc(Br)cs1)CC1(C)COCC1N. The van der Waals surface area contributed by atoms with Gasteiger partial charge in [0.2, 0.25) is 0 Å². The van der Waals surface area contributed by atoms with Crippen LogP contribution in [-0.4, -0.2) is 37.7 Å². The Labute approximate surface area is 115 Å². The first-order chi connectivity index (χ1) is 7.99. The van der Waals surface area contributed by atoms with Gasteiger partial charge in [0, 0.05) is 39.3 Å². The molecule has 0 saturated carbocycles. The molecule has 1 aromatic rings. The second-order valence-corrected chi connectivity index (χ2v) is 7.09. The molecule has 2 N–H and O–H groups in total. The van der Waals surface area contributed by atoms with Crippen LogP contribution in [0.25, 0.3) is 0 Å². The summed E-state index contributed by atoms with van der Waals surface area (Å²) < 4.78 is 6.64. The lowest BCUT2D eigenvalue weighted by Crippen LogP contribution is -2.45. The van der Waals surface area contributed by atoms with E-state index in [1.807, 2.05) is 0 Å². The van der Waals surface area contributed by atoms with Crippen LogP contribution in [0.5, 0.6) is 0 Å². The maximum absolute atomic E-state index is 6.10. The highest BCUT2D eigenvalue weighted by Crippen LogP contribution is 2.29. The van der Waals surface area contributed by atoms with Crippen molar-refractivity contribution in [1.82, 2.24) is 4.90 Å². The number of nitrogens with zero attached hydrogens (tertiary/aromatic N) is 1. The van der Waals surface area contributed by atoms with Gasteiger partial charge in [-0.2, -0.15) is 0 Å². The second kappa shape index (κ2) is 5.36. The Morgan fingerprint density at radius 3 is 3.00 bits per heavy atom. The third-order valence-corrected chi connectivity index (χ3v) is 4.99. The average molecular weight is 319 g/mol. The average Bonchev–Trinajstić information content (AvgIpc) is 2.75. The first kappa shape index (κ1) is 13.5. The molecule has 0 amide bonds. The van der Waals surface area contributed by atoms with Crippen molar-refractivity contribution < 1.29 is 4.74 Å². The fraction of sp³-hybridized carbons (Fsp3) is 0.667. The van der Waals surface area contributed by atoms with Gasteiger partial charge in [-0.25, -0.2) is 0 Å². The summed E-state index contributed by atoms with van der Waals surface area (Å²) in [5.41, 5.74) is 6.19. The molecular weight excluding hydrogens is 300 g/mol. The fourth-order valence-corrected chi connectivity index (χ4v) is 3.80. The Morgan fingerprint density at radius 1 is 1.71 bits per heavy atom. The van der Waals surface area contributed by atoms with Gasteiger partial charge in [0.1, 0.15) is 0 Å². The fourth-order valence-electron chi connectivity index (χ4n) is 2.27. The molecule has 1 saturated heterocycles. The zero-order valence-corrected chi connectivity index (χ0v) is 12.7. The van der Waals surface area contributed by atoms with Crippen LogP contribution >= 0.6 is 27.3 Å². The third kappa shape index (κ3) is 3.29. The summed E-state index contributed by atoms with van der Waals surface area (Å²) in [6.07, 6.45) is 0. The minimum atomic E-state index is 0.0865. The van der Waals surface area contributed by atoms with E-state index in [-0.39, 0.29) is 11.5 Å². The zero-order chi connectivity index (χ0) is 12.5. The van der Waals surface area contributed by atoms with E-state index in [0.717, 1.165) is 24.2 Å². The summed E-state index contributed by atoms with van der Waals surface area (Å²) in [6, 6.07) is 2.33. The van der Waals surface area contributed by atoms with Crippen LogP contribution in [-0.2, 0) is 11.3 Å². The van der Waals surface area contributed by atoms with E-state index in [9.17, 15) is 0 Å². The van der Waals surface area contributed by atoms with Crippen molar-refractivity contribution in [2.45, 2.75) is 19.5 Å². The van der Waals surface area contributed by atoms with Crippen molar-refractivity contribution >= 4 is 27.3 Å². The molecule has 17 heavy (non-hydrogen) atoms. The zero-order valence-electron chi connectivity index (χ0n) is 10.3. The largest absolute Gasteiger partial charge is 0.379 e. The molecule has 2 atom stereocenters. The highest BCUT2D eigenvalue weighted by Gasteiger charge is 2.38. The minimum absolute atomic E-state index is 0.0865. The Morgan fingerprint density at radius 2 is 2.47 bits per heavy atom. The molecule has 3 nitrogen and oxygen atoms in total. The summed E-state index contributed by atoms with van der Waals surface area (Å²) in [7, 11) is 2.14. The number of nitrogens with two attached hydrogens (primary N) is 1. The van der Waals surface area contributed by atoms with E-state index in [4.69, 9.17) is 10.5 Å². The van der Waals surface area contributed by atoms with Crippen LogP contribution in [0.15, 0.2) is 15.9 Å². The standard InChI is InChI=1S/C12H19BrN2OS/c1-12(8-16-5-11(12)14)7-15(2)4-10-3-9(13)6-17-10/h3,6,11H,4-5,7-8,14H2,1-2H3. The lowest BCUT2D eigenvalue weighted by atomic mass is 9.85. The molecule has 0 aromatic carbocycles. The molecule has 1 aromatic heterocycles. The Bertz CT molecular complexity index is 384. The molecule has 2 heterocycles. The van der Waals surface area contributed by atoms with E-state index >= 15 is 0 Å². The Hall–Kier alpha value is 0.0600. The highest BCUT2D eigenvalue weighted by atomic mass is 79.9. The molecular formula is C12H19BrN2OS. The van der Waals surface area contributed by atoms with E-state index in [0.29, 0.717) is 6.61 Å². The minimum Gasteiger partial charge on any atom is -0.379 e. The molecule has 2 unspecified atom stereocenters. The highest BCUT2D eigenvalue weighted by molar-refractivity contribution is 9.10. The van der Waals surface area contributed by atoms with Gasteiger partial charge in [0.15, 0.2) is 0 Å². The smallest absolute Gasteiger partial charge is 0.0624 e. The number of thiophene rings is 1. The van der Waals surface area contributed by atoms with Gasteiger partial charge in [0.05, 0.1) is 13.2 Å². The van der Waals surface area contributed by atoms with Crippen molar-refractivity contribution in [3.8, 4) is 0 Å². The maximum atomic E-state index is 6.10. The van der Waals surface area contributed by atoms with Gasteiger partial charge in [-0.3, -0.25) is 0 Å². The Kier molecular flexibility index (Phi) is 4.26. The van der Waals surface area contributed by atoms with Crippen LogP contribution in [0.4, 0.5) is 0 Å². The first-order valence-corrected chi connectivity index (χ1v) is 7.42. The molecule has 0 bridgehead atoms. The monoisotopic (exact) mass is 318 g/mol. The van der Waals surface area contributed by atoms with Gasteiger partial charge in [-0.15, -0.1) is 11.3 Å². The normalized spacial score (nSPS) is 29.1. The molecule has 0 spiro atoms. The lowest BCUT2D eigenvalue weighted by Gasteiger charge is -2.31. The summed E-state index contributed by atoms with van der Waals surface area (Å²) in [5, 5.41) is 2.12. The van der Waals surface area contributed by atoms with E-state index in [1.54, 1.807) is 11.3 Å². The number of ether oxygens (including phenoxy) is 1. The van der Waals surface area contributed by atoms with E-state index in [2.05, 4.69) is 46.2 Å². The number of hydrogen-bond acceptors (Lipinski definition) is 4. The number of hydrogen-bond donors (Lipinski definition) is 1. The van der Waals surface area contributed by atoms with E-state index < -0.39 is 0 Å². The quantitative estimate of drug-likeness (QED) is 0.925. The van der Waals surface area contributed by atoms with Crippen LogP contribution < -0.4 is 5.73 Å². The summed E-state index contributed by atoms with van der Waals surface area (Å²) in [5.74, 6) is 0. The van der Waals surface area contributed by atoms with E-state index in [1.165, 1.54) is 4.88 Å². The topological polar surface area (TPSA) is 38.5 Å². The number of halogens is 1. The molecule has 1 aliphatic rings. The van der Waals surface area contributed by atoms with Gasteiger partial charge < -0.3 is 15.4 Å². The predicted octanol–water partition coefficient (Wildman–Crippen LogP) is 2.31. The first-order valence-electron chi connectivity index (χ1n) is 5.74. The third-order valence-electron chi connectivity index (χ3n) is 3.30. The van der Waals surface area contributed by atoms with Crippen molar-refractivity contribution in [3.05, 3.63) is 20.8 Å². The molecule has 2 rings (SSSR count). The molecule has 1 fully saturated rings. The van der Waals surface area contributed by atoms with Gasteiger partial charge in [-0.1, -0.05) is 6.92 Å². The van der Waals surface area contributed by atoms with Crippen LogP contribution in [0.2, 0.25) is 0 Å². The van der Waals surface area contributed by atoms with Gasteiger partial charge in [-0.05, 0) is 29.0 Å². The van der Waals surface area contributed by atoms with Crippen LogP contribution in [0.3, 0.4) is 0 Å². The van der Waals surface area contributed by atoms with Crippen molar-refractivity contribution in [1.29, 1.82) is 0 Å². The summed E-state index contributed by atoms with van der Waals surface area (Å²) in [4.78, 5) is 3.70. The molecule has 1 aliphatic heterocycles. The van der Waals surface area contributed by atoms with Crippen molar-refractivity contribution in [2.75, 3.05) is 26.8 Å². The second-order valence-electron chi connectivity index (χ2n) is 5.18. The van der Waals surface area contributed by atoms with Crippen LogP contribution in [0, 0.1) is 5.41 Å². The van der Waals surface area contributed by atoms with Crippen molar-refractivity contribution in [3.63, 3.8) is 0 Å². The molecule has 0 aliphatic carbocycles. The molecule has 0 radical (unpaired) electrons. The van der Waals surface area contributed by atoms with Crippen LogP contribution in [0.1, 0.15) is 11.8 Å². The lowest BCUT2D eigenvalue weighted by molar-refractivity contribution is 0.128. The Balaban J connectivity index is 1.91. The van der Waals surface area contributed by atoms with Gasteiger partial charge >= 0.3 is 0 Å².